The number of aliphatic hydroxyl groups excluding tert-OH is 1. The highest BCUT2D eigenvalue weighted by atomic mass is 16.5. The molecule has 0 radical (unpaired) electrons. The zero-order valence-electron chi connectivity index (χ0n) is 19.8. The van der Waals surface area contributed by atoms with Crippen LogP contribution in [0.3, 0.4) is 0 Å². The Balaban J connectivity index is 0.000000202. The van der Waals surface area contributed by atoms with Gasteiger partial charge < -0.3 is 14.8 Å². The third-order valence-corrected chi connectivity index (χ3v) is 6.22. The number of benzene rings is 3. The lowest BCUT2D eigenvalue weighted by Crippen LogP contribution is -2.22. The van der Waals surface area contributed by atoms with Crippen molar-refractivity contribution < 1.29 is 9.84 Å². The van der Waals surface area contributed by atoms with Gasteiger partial charge in [-0.3, -0.25) is 9.36 Å². The minimum atomic E-state index is -0.302. The predicted molar refractivity (Wildman–Crippen MR) is 139 cm³/mol. The number of para-hydroxylation sites is 2. The summed E-state index contributed by atoms with van der Waals surface area (Å²) in [4.78, 5) is 34.3. The lowest BCUT2D eigenvalue weighted by Gasteiger charge is -2.15. The number of aromatic amines is 1. The van der Waals surface area contributed by atoms with Gasteiger partial charge in [-0.25, -0.2) is 14.8 Å². The molecule has 0 aliphatic heterocycles. The molecule has 8 heteroatoms. The van der Waals surface area contributed by atoms with Gasteiger partial charge in [-0.1, -0.05) is 30.3 Å². The summed E-state index contributed by atoms with van der Waals surface area (Å²) < 4.78 is 7.52. The van der Waals surface area contributed by atoms with Crippen molar-refractivity contribution in [2.24, 2.45) is 0 Å². The van der Waals surface area contributed by atoms with E-state index in [4.69, 9.17) is 4.74 Å². The molecule has 2 atom stereocenters. The van der Waals surface area contributed by atoms with E-state index in [1.165, 1.54) is 0 Å². The molecule has 0 saturated heterocycles. The summed E-state index contributed by atoms with van der Waals surface area (Å²) in [5, 5.41) is 11.1. The normalized spacial score (nSPS) is 17.1. The molecule has 0 amide bonds. The lowest BCUT2D eigenvalue weighted by atomic mass is 10.2. The van der Waals surface area contributed by atoms with Gasteiger partial charge in [0.15, 0.2) is 0 Å². The molecule has 1 aliphatic carbocycles. The van der Waals surface area contributed by atoms with Gasteiger partial charge in [-0.2, -0.15) is 0 Å². The molecule has 36 heavy (non-hydrogen) atoms. The fraction of sp³-hybridized carbons (Fsp3) is 0.214. The summed E-state index contributed by atoms with van der Waals surface area (Å²) in [5.74, 6) is 1.40. The van der Waals surface area contributed by atoms with Crippen molar-refractivity contribution in [1.29, 1.82) is 0 Å². The smallest absolute Gasteiger partial charge is 0.345 e. The highest BCUT2D eigenvalue weighted by Crippen LogP contribution is 2.25. The Bertz CT molecular complexity index is 1630. The number of hydrogen-bond donors (Lipinski definition) is 2. The Hall–Kier alpha value is -4.30. The van der Waals surface area contributed by atoms with Crippen LogP contribution in [0.15, 0.2) is 88.6 Å². The van der Waals surface area contributed by atoms with E-state index >= 15 is 0 Å². The number of ether oxygens (including phenoxy) is 1. The van der Waals surface area contributed by atoms with E-state index in [0.29, 0.717) is 23.1 Å². The van der Waals surface area contributed by atoms with Crippen LogP contribution in [0.2, 0.25) is 0 Å². The Labute approximate surface area is 206 Å². The average molecular weight is 483 g/mol. The maximum Gasteiger partial charge on any atom is 0.345 e. The van der Waals surface area contributed by atoms with Crippen LogP contribution in [0.25, 0.3) is 27.5 Å². The third-order valence-electron chi connectivity index (χ3n) is 6.22. The Morgan fingerprint density at radius 1 is 0.972 bits per heavy atom. The molecule has 2 heterocycles. The van der Waals surface area contributed by atoms with Crippen molar-refractivity contribution in [2.45, 2.75) is 38.4 Å². The van der Waals surface area contributed by atoms with Crippen molar-refractivity contribution in [3.8, 4) is 11.4 Å². The summed E-state index contributed by atoms with van der Waals surface area (Å²) in [6.07, 6.45) is 3.71. The SMILES string of the molecule is Cc1nc2ccccc2c(=O)n1-c1ccc(OC2CCC(O)C2)cc1.O=c1ncc2ccccc2[nH]1. The van der Waals surface area contributed by atoms with Crippen LogP contribution in [0, 0.1) is 6.92 Å². The first-order valence-corrected chi connectivity index (χ1v) is 11.9. The van der Waals surface area contributed by atoms with Crippen molar-refractivity contribution in [1.82, 2.24) is 19.5 Å². The van der Waals surface area contributed by atoms with Crippen LogP contribution >= 0.6 is 0 Å². The van der Waals surface area contributed by atoms with E-state index in [1.807, 2.05) is 73.7 Å². The molecule has 1 aliphatic rings. The number of aliphatic hydroxyl groups is 1. The van der Waals surface area contributed by atoms with Crippen molar-refractivity contribution >= 4 is 21.8 Å². The highest BCUT2D eigenvalue weighted by Gasteiger charge is 2.24. The van der Waals surface area contributed by atoms with Crippen LogP contribution in [-0.2, 0) is 0 Å². The molecule has 182 valence electrons. The summed E-state index contributed by atoms with van der Waals surface area (Å²) in [7, 11) is 0. The van der Waals surface area contributed by atoms with Gasteiger partial charge >= 0.3 is 5.69 Å². The third kappa shape index (κ3) is 5.04. The molecule has 8 nitrogen and oxygen atoms in total. The fourth-order valence-corrected chi connectivity index (χ4v) is 4.44. The number of fused-ring (bicyclic) bond motifs is 2. The van der Waals surface area contributed by atoms with E-state index in [9.17, 15) is 14.7 Å². The Morgan fingerprint density at radius 3 is 2.50 bits per heavy atom. The molecule has 1 saturated carbocycles. The average Bonchev–Trinajstić information content (AvgIpc) is 3.29. The molecular weight excluding hydrogens is 456 g/mol. The molecule has 3 aromatic carbocycles. The summed E-state index contributed by atoms with van der Waals surface area (Å²) in [5.41, 5.74) is 1.92. The summed E-state index contributed by atoms with van der Waals surface area (Å²) in [6, 6.07) is 22.4. The Morgan fingerprint density at radius 2 is 1.72 bits per heavy atom. The number of aromatic nitrogens is 4. The maximum atomic E-state index is 12.8. The fourth-order valence-electron chi connectivity index (χ4n) is 4.44. The van der Waals surface area contributed by atoms with Gasteiger partial charge in [0.25, 0.3) is 5.56 Å². The number of nitrogens with zero attached hydrogens (tertiary/aromatic N) is 3. The number of aryl methyl sites for hydroxylation is 1. The molecule has 6 rings (SSSR count). The van der Waals surface area contributed by atoms with E-state index in [2.05, 4.69) is 15.0 Å². The minimum Gasteiger partial charge on any atom is -0.490 e. The second kappa shape index (κ2) is 10.1. The van der Waals surface area contributed by atoms with Gasteiger partial charge in [-0.05, 0) is 62.2 Å². The van der Waals surface area contributed by atoms with Crippen LogP contribution < -0.4 is 16.0 Å². The van der Waals surface area contributed by atoms with Gasteiger partial charge in [0.05, 0.1) is 28.2 Å². The van der Waals surface area contributed by atoms with Crippen molar-refractivity contribution in [3.63, 3.8) is 0 Å². The second-order valence-corrected chi connectivity index (χ2v) is 8.79. The molecule has 2 N–H and O–H groups in total. The second-order valence-electron chi connectivity index (χ2n) is 8.79. The lowest BCUT2D eigenvalue weighted by molar-refractivity contribution is 0.150. The van der Waals surface area contributed by atoms with Gasteiger partial charge in [-0.15, -0.1) is 0 Å². The zero-order chi connectivity index (χ0) is 25.1. The number of rotatable bonds is 3. The molecule has 2 aromatic heterocycles. The summed E-state index contributed by atoms with van der Waals surface area (Å²) in [6.45, 7) is 1.83. The summed E-state index contributed by atoms with van der Waals surface area (Å²) >= 11 is 0. The van der Waals surface area contributed by atoms with Gasteiger partial charge in [0, 0.05) is 18.0 Å². The monoisotopic (exact) mass is 482 g/mol. The standard InChI is InChI=1S/C20H20N2O3.C8H6N2O/c1-13-21-19-5-3-2-4-18(19)20(24)22(13)14-6-9-16(10-7-14)25-17-11-8-15(23)12-17;11-8-9-5-6-3-1-2-4-7(6)10-8/h2-7,9-10,15,17,23H,8,11-12H2,1H3;1-5H,(H,9,10,11). The molecule has 0 spiro atoms. The molecule has 2 unspecified atom stereocenters. The first-order chi connectivity index (χ1) is 17.5. The van der Waals surface area contributed by atoms with E-state index in [-0.39, 0.29) is 23.5 Å². The van der Waals surface area contributed by atoms with Crippen LogP contribution in [0.4, 0.5) is 0 Å². The topological polar surface area (TPSA) is 110 Å². The molecule has 5 aromatic rings. The first-order valence-electron chi connectivity index (χ1n) is 11.9. The van der Waals surface area contributed by atoms with E-state index < -0.39 is 0 Å². The van der Waals surface area contributed by atoms with Crippen LogP contribution in [-0.4, -0.2) is 36.8 Å². The van der Waals surface area contributed by atoms with Crippen molar-refractivity contribution in [3.05, 3.63) is 106 Å². The quantitative estimate of drug-likeness (QED) is 0.404. The predicted octanol–water partition coefficient (Wildman–Crippen LogP) is 3.91. The number of H-pyrrole nitrogens is 1. The Kier molecular flexibility index (Phi) is 6.60. The molecule has 1 fully saturated rings. The van der Waals surface area contributed by atoms with E-state index in [0.717, 1.165) is 35.2 Å². The number of nitrogens with one attached hydrogen (secondary N) is 1. The van der Waals surface area contributed by atoms with Gasteiger partial charge in [0.2, 0.25) is 0 Å². The molecule has 0 bridgehead atoms. The van der Waals surface area contributed by atoms with Crippen molar-refractivity contribution in [2.75, 3.05) is 0 Å². The zero-order valence-corrected chi connectivity index (χ0v) is 19.8. The highest BCUT2D eigenvalue weighted by molar-refractivity contribution is 5.78. The van der Waals surface area contributed by atoms with Crippen LogP contribution in [0.5, 0.6) is 5.75 Å². The number of hydrogen-bond acceptors (Lipinski definition) is 6. The first kappa shape index (κ1) is 23.4. The largest absolute Gasteiger partial charge is 0.490 e. The van der Waals surface area contributed by atoms with Gasteiger partial charge in [0.1, 0.15) is 17.7 Å². The van der Waals surface area contributed by atoms with Crippen LogP contribution in [0.1, 0.15) is 25.1 Å². The molecular formula is C28H26N4O4. The minimum absolute atomic E-state index is 0.0626. The van der Waals surface area contributed by atoms with E-state index in [1.54, 1.807) is 16.8 Å². The maximum absolute atomic E-state index is 12.8.